The highest BCUT2D eigenvalue weighted by Gasteiger charge is 2.14. The average molecular weight is 348 g/mol. The summed E-state index contributed by atoms with van der Waals surface area (Å²) in [5.41, 5.74) is 3.45. The lowest BCUT2D eigenvalue weighted by atomic mass is 10.2. The van der Waals surface area contributed by atoms with Gasteiger partial charge in [-0.25, -0.2) is 4.98 Å². The molecule has 0 aliphatic rings. The average Bonchev–Trinajstić information content (AvgIpc) is 3.30. The number of hydrogen-bond acceptors (Lipinski definition) is 4. The summed E-state index contributed by atoms with van der Waals surface area (Å²) in [6.45, 7) is 0.506. The minimum absolute atomic E-state index is 0.0908. The van der Waals surface area contributed by atoms with Gasteiger partial charge in [0, 0.05) is 24.3 Å². The van der Waals surface area contributed by atoms with Crippen LogP contribution in [0.25, 0.3) is 11.0 Å². The van der Waals surface area contributed by atoms with Gasteiger partial charge in [0.15, 0.2) is 0 Å². The summed E-state index contributed by atoms with van der Waals surface area (Å²) in [6, 6.07) is 15.6. The van der Waals surface area contributed by atoms with Gasteiger partial charge in [0.25, 0.3) is 5.91 Å². The number of H-pyrrole nitrogens is 1. The number of aromatic amines is 1. The fourth-order valence-corrected chi connectivity index (χ4v) is 3.45. The van der Waals surface area contributed by atoms with Crippen LogP contribution in [-0.2, 0) is 6.54 Å². The van der Waals surface area contributed by atoms with Crippen molar-refractivity contribution in [2.75, 3.05) is 5.32 Å². The second kappa shape index (κ2) is 6.78. The van der Waals surface area contributed by atoms with Crippen molar-refractivity contribution in [3.63, 3.8) is 0 Å². The van der Waals surface area contributed by atoms with Crippen LogP contribution in [0.5, 0.6) is 0 Å². The zero-order valence-corrected chi connectivity index (χ0v) is 14.1. The van der Waals surface area contributed by atoms with Crippen molar-refractivity contribution in [1.82, 2.24) is 15.3 Å². The third-order valence-corrected chi connectivity index (χ3v) is 4.74. The lowest BCUT2D eigenvalue weighted by Gasteiger charge is -2.09. The Balaban J connectivity index is 1.52. The van der Waals surface area contributed by atoms with Crippen molar-refractivity contribution < 1.29 is 4.79 Å². The fraction of sp³-hybridized carbons (Fsp3) is 0.0526. The Labute approximate surface area is 148 Å². The molecule has 1 aromatic carbocycles. The van der Waals surface area contributed by atoms with Gasteiger partial charge in [-0.1, -0.05) is 30.3 Å². The van der Waals surface area contributed by atoms with E-state index in [1.54, 1.807) is 6.20 Å². The molecule has 3 N–H and O–H groups in total. The third-order valence-electron chi connectivity index (χ3n) is 3.91. The zero-order chi connectivity index (χ0) is 17.1. The largest absolute Gasteiger partial charge is 0.348 e. The molecule has 124 valence electrons. The molecule has 3 aromatic heterocycles. The first kappa shape index (κ1) is 15.4. The summed E-state index contributed by atoms with van der Waals surface area (Å²) in [7, 11) is 0. The molecule has 0 atom stereocenters. The predicted molar refractivity (Wildman–Crippen MR) is 101 cm³/mol. The number of carbonyl (C=O) groups is 1. The Bertz CT molecular complexity index is 1010. The van der Waals surface area contributed by atoms with Crippen LogP contribution in [0, 0.1) is 0 Å². The summed E-state index contributed by atoms with van der Waals surface area (Å²) >= 11 is 1.50. The Kier molecular flexibility index (Phi) is 4.18. The maximum absolute atomic E-state index is 12.5. The molecular formula is C19H16N4OS. The number of nitrogens with one attached hydrogen (secondary N) is 3. The van der Waals surface area contributed by atoms with Gasteiger partial charge in [0.05, 0.1) is 11.3 Å². The maximum atomic E-state index is 12.5. The van der Waals surface area contributed by atoms with Gasteiger partial charge < -0.3 is 15.6 Å². The minimum atomic E-state index is -0.0908. The van der Waals surface area contributed by atoms with E-state index in [1.807, 2.05) is 60.1 Å². The molecule has 0 saturated heterocycles. The maximum Gasteiger partial charge on any atom is 0.254 e. The van der Waals surface area contributed by atoms with Crippen LogP contribution < -0.4 is 10.6 Å². The number of hydrogen-bond donors (Lipinski definition) is 3. The Morgan fingerprint density at radius 2 is 2.00 bits per heavy atom. The molecule has 4 rings (SSSR count). The van der Waals surface area contributed by atoms with E-state index in [0.717, 1.165) is 27.3 Å². The van der Waals surface area contributed by atoms with Crippen LogP contribution in [-0.4, -0.2) is 15.9 Å². The molecule has 0 unspecified atom stereocenters. The van der Waals surface area contributed by atoms with Crippen molar-refractivity contribution in [2.24, 2.45) is 0 Å². The van der Waals surface area contributed by atoms with Gasteiger partial charge in [-0.15, -0.1) is 11.3 Å². The van der Waals surface area contributed by atoms with Gasteiger partial charge >= 0.3 is 0 Å². The van der Waals surface area contributed by atoms with Crippen molar-refractivity contribution in [1.29, 1.82) is 0 Å². The highest BCUT2D eigenvalue weighted by Crippen LogP contribution is 2.30. The molecule has 25 heavy (non-hydrogen) atoms. The molecule has 0 saturated carbocycles. The molecule has 5 nitrogen and oxygen atoms in total. The summed E-state index contributed by atoms with van der Waals surface area (Å²) in [5, 5.41) is 10.1. The fourth-order valence-electron chi connectivity index (χ4n) is 2.65. The Hall–Kier alpha value is -3.12. The van der Waals surface area contributed by atoms with Crippen molar-refractivity contribution in [3.8, 4) is 0 Å². The number of nitrogens with zero attached hydrogens (tertiary/aromatic N) is 1. The summed E-state index contributed by atoms with van der Waals surface area (Å²) in [4.78, 5) is 19.9. The van der Waals surface area contributed by atoms with Gasteiger partial charge in [0.1, 0.15) is 10.6 Å². The standard InChI is InChI=1S/C19H16N4OS/c24-18(22-12-13-4-2-1-3-5-13)15-8-11-25-19(15)23-16-7-10-21-17-14(16)6-9-20-17/h1-11H,12H2,(H,22,24)(H2,20,21,23). The van der Waals surface area contributed by atoms with Crippen molar-refractivity contribution >= 4 is 39.0 Å². The van der Waals surface area contributed by atoms with E-state index in [2.05, 4.69) is 20.6 Å². The number of aromatic nitrogens is 2. The summed E-state index contributed by atoms with van der Waals surface area (Å²) in [5.74, 6) is -0.0908. The lowest BCUT2D eigenvalue weighted by Crippen LogP contribution is -2.22. The number of rotatable bonds is 5. The van der Waals surface area contributed by atoms with Crippen LogP contribution in [0.1, 0.15) is 15.9 Å². The molecule has 3 heterocycles. The Morgan fingerprint density at radius 1 is 1.12 bits per heavy atom. The van der Waals surface area contributed by atoms with Crippen LogP contribution in [0.15, 0.2) is 66.3 Å². The molecule has 0 aliphatic carbocycles. The normalized spacial score (nSPS) is 10.7. The van der Waals surface area contributed by atoms with E-state index in [-0.39, 0.29) is 5.91 Å². The molecule has 0 spiro atoms. The number of amides is 1. The van der Waals surface area contributed by atoms with E-state index in [9.17, 15) is 4.79 Å². The van der Waals surface area contributed by atoms with Crippen LogP contribution >= 0.6 is 11.3 Å². The zero-order valence-electron chi connectivity index (χ0n) is 13.3. The molecule has 4 aromatic rings. The molecule has 6 heteroatoms. The number of pyridine rings is 1. The SMILES string of the molecule is O=C(NCc1ccccc1)c1ccsc1Nc1ccnc2[nH]ccc12. The number of thiophene rings is 1. The van der Waals surface area contributed by atoms with E-state index in [1.165, 1.54) is 11.3 Å². The lowest BCUT2D eigenvalue weighted by molar-refractivity contribution is 0.0952. The van der Waals surface area contributed by atoms with Crippen molar-refractivity contribution in [3.05, 3.63) is 77.4 Å². The van der Waals surface area contributed by atoms with Crippen molar-refractivity contribution in [2.45, 2.75) is 6.54 Å². The second-order valence-corrected chi connectivity index (χ2v) is 6.47. The predicted octanol–water partition coefficient (Wildman–Crippen LogP) is 4.30. The molecule has 1 amide bonds. The minimum Gasteiger partial charge on any atom is -0.348 e. The second-order valence-electron chi connectivity index (χ2n) is 5.56. The first-order valence-corrected chi connectivity index (χ1v) is 8.78. The van der Waals surface area contributed by atoms with E-state index in [0.29, 0.717) is 12.1 Å². The van der Waals surface area contributed by atoms with Crippen LogP contribution in [0.4, 0.5) is 10.7 Å². The molecule has 0 bridgehead atoms. The smallest absolute Gasteiger partial charge is 0.254 e. The van der Waals surface area contributed by atoms with E-state index in [4.69, 9.17) is 0 Å². The van der Waals surface area contributed by atoms with Gasteiger partial charge in [0.2, 0.25) is 0 Å². The highest BCUT2D eigenvalue weighted by atomic mass is 32.1. The number of anilines is 2. The monoisotopic (exact) mass is 348 g/mol. The first-order chi connectivity index (χ1) is 12.3. The highest BCUT2D eigenvalue weighted by molar-refractivity contribution is 7.14. The quantitative estimate of drug-likeness (QED) is 0.504. The first-order valence-electron chi connectivity index (χ1n) is 7.90. The summed E-state index contributed by atoms with van der Waals surface area (Å²) in [6.07, 6.45) is 3.59. The third kappa shape index (κ3) is 3.25. The van der Waals surface area contributed by atoms with Gasteiger partial charge in [-0.05, 0) is 29.1 Å². The number of benzene rings is 1. The topological polar surface area (TPSA) is 69.8 Å². The van der Waals surface area contributed by atoms with E-state index < -0.39 is 0 Å². The molecule has 0 fully saturated rings. The number of fused-ring (bicyclic) bond motifs is 1. The van der Waals surface area contributed by atoms with Crippen LogP contribution in [0.2, 0.25) is 0 Å². The molecule has 0 aliphatic heterocycles. The Morgan fingerprint density at radius 3 is 2.88 bits per heavy atom. The summed E-state index contributed by atoms with van der Waals surface area (Å²) < 4.78 is 0. The molecule has 0 radical (unpaired) electrons. The van der Waals surface area contributed by atoms with Gasteiger partial charge in [-0.2, -0.15) is 0 Å². The van der Waals surface area contributed by atoms with Gasteiger partial charge in [-0.3, -0.25) is 4.79 Å². The van der Waals surface area contributed by atoms with Crippen LogP contribution in [0.3, 0.4) is 0 Å². The molecular weight excluding hydrogens is 332 g/mol. The van der Waals surface area contributed by atoms with E-state index >= 15 is 0 Å². The number of carbonyl (C=O) groups excluding carboxylic acids is 1.